The van der Waals surface area contributed by atoms with Gasteiger partial charge in [0.2, 0.25) is 0 Å². The Morgan fingerprint density at radius 1 is 0.370 bits per heavy atom. The number of hydrogen-bond donors (Lipinski definition) is 0. The zero-order valence-electron chi connectivity index (χ0n) is 25.2. The topological polar surface area (TPSA) is 8.17 Å². The molecule has 2 heteroatoms. The molecule has 0 unspecified atom stereocenters. The van der Waals surface area contributed by atoms with E-state index in [4.69, 9.17) is 0 Å². The van der Waals surface area contributed by atoms with Crippen LogP contribution in [-0.2, 0) is 0 Å². The fraction of sp³-hybridized carbons (Fsp3) is 0. The van der Waals surface area contributed by atoms with Crippen molar-refractivity contribution in [2.45, 2.75) is 0 Å². The van der Waals surface area contributed by atoms with Gasteiger partial charge in [0.1, 0.15) is 0 Å². The molecule has 0 amide bonds. The van der Waals surface area contributed by atoms with Crippen molar-refractivity contribution in [2.24, 2.45) is 0 Å². The van der Waals surface area contributed by atoms with Crippen molar-refractivity contribution in [3.05, 3.63) is 182 Å². The van der Waals surface area contributed by atoms with Crippen LogP contribution in [0.4, 0.5) is 17.1 Å². The largest absolute Gasteiger partial charge is 0.310 e. The van der Waals surface area contributed by atoms with Gasteiger partial charge in [-0.15, -0.1) is 0 Å². The van der Waals surface area contributed by atoms with Gasteiger partial charge in [-0.3, -0.25) is 0 Å². The van der Waals surface area contributed by atoms with Crippen molar-refractivity contribution >= 4 is 60.4 Å². The van der Waals surface area contributed by atoms with Crippen LogP contribution in [0.15, 0.2) is 182 Å². The van der Waals surface area contributed by atoms with E-state index in [2.05, 4.69) is 191 Å². The highest BCUT2D eigenvalue weighted by Crippen LogP contribution is 2.41. The average Bonchev–Trinajstić information content (AvgIpc) is 3.47. The fourth-order valence-corrected chi connectivity index (χ4v) is 6.98. The Bertz CT molecular complexity index is 2520. The lowest BCUT2D eigenvalue weighted by molar-refractivity contribution is 1.19. The van der Waals surface area contributed by atoms with E-state index in [1.807, 2.05) is 0 Å². The molecule has 9 aromatic rings. The third kappa shape index (κ3) is 4.35. The fourth-order valence-electron chi connectivity index (χ4n) is 6.98. The Hall–Kier alpha value is -6.12. The molecule has 2 nitrogen and oxygen atoms in total. The summed E-state index contributed by atoms with van der Waals surface area (Å²) >= 11 is 0. The molecule has 216 valence electrons. The molecule has 8 aromatic carbocycles. The summed E-state index contributed by atoms with van der Waals surface area (Å²) in [5.41, 5.74) is 9.41. The summed E-state index contributed by atoms with van der Waals surface area (Å²) < 4.78 is 2.41. The SMILES string of the molecule is c1ccc(N(c2ccc(-c3cccc4c3c3ccccc3n4-c3ccc4ccccc4c3)cc2)c2ccc3ccccc3c2)cc1. The van der Waals surface area contributed by atoms with Crippen molar-refractivity contribution in [1.82, 2.24) is 4.57 Å². The van der Waals surface area contributed by atoms with E-state index in [0.717, 1.165) is 17.1 Å². The molecule has 0 bridgehead atoms. The summed E-state index contributed by atoms with van der Waals surface area (Å²) in [4.78, 5) is 2.34. The van der Waals surface area contributed by atoms with Crippen molar-refractivity contribution in [1.29, 1.82) is 0 Å². The lowest BCUT2D eigenvalue weighted by Crippen LogP contribution is -2.09. The first-order chi connectivity index (χ1) is 22.8. The minimum Gasteiger partial charge on any atom is -0.310 e. The lowest BCUT2D eigenvalue weighted by atomic mass is 9.99. The molecule has 0 fully saturated rings. The summed E-state index contributed by atoms with van der Waals surface area (Å²) in [5, 5.41) is 7.49. The van der Waals surface area contributed by atoms with Crippen molar-refractivity contribution in [3.63, 3.8) is 0 Å². The van der Waals surface area contributed by atoms with Gasteiger partial charge < -0.3 is 9.47 Å². The summed E-state index contributed by atoms with van der Waals surface area (Å²) in [6.07, 6.45) is 0. The maximum Gasteiger partial charge on any atom is 0.0547 e. The maximum absolute atomic E-state index is 2.41. The van der Waals surface area contributed by atoms with Gasteiger partial charge in [-0.1, -0.05) is 121 Å². The second-order valence-corrected chi connectivity index (χ2v) is 11.8. The van der Waals surface area contributed by atoms with E-state index in [0.29, 0.717) is 0 Å². The number of rotatable bonds is 5. The van der Waals surface area contributed by atoms with Crippen molar-refractivity contribution in [3.8, 4) is 16.8 Å². The summed E-state index contributed by atoms with van der Waals surface area (Å²) in [6.45, 7) is 0. The van der Waals surface area contributed by atoms with Crippen LogP contribution < -0.4 is 4.90 Å². The minimum absolute atomic E-state index is 1.12. The highest BCUT2D eigenvalue weighted by Gasteiger charge is 2.17. The molecular formula is C44H30N2. The molecule has 0 saturated carbocycles. The molecule has 9 rings (SSSR count). The molecular weight excluding hydrogens is 556 g/mol. The predicted molar refractivity (Wildman–Crippen MR) is 196 cm³/mol. The van der Waals surface area contributed by atoms with E-state index in [-0.39, 0.29) is 0 Å². The standard InChI is InChI=1S/C44H30N2/c1-2-15-36(16-3-1)45(38-27-21-31-11-4-6-13-34(31)29-38)37-25-23-33(24-26-37)40-18-10-20-43-44(40)41-17-8-9-19-42(41)46(43)39-28-22-32-12-5-7-14-35(32)30-39/h1-30H. The Labute approximate surface area is 268 Å². The number of aromatic nitrogens is 1. The Morgan fingerprint density at radius 3 is 1.74 bits per heavy atom. The molecule has 1 aromatic heterocycles. The quantitative estimate of drug-likeness (QED) is 0.195. The van der Waals surface area contributed by atoms with Crippen LogP contribution in [0.5, 0.6) is 0 Å². The van der Waals surface area contributed by atoms with Crippen LogP contribution in [0.25, 0.3) is 60.2 Å². The number of hydrogen-bond acceptors (Lipinski definition) is 1. The third-order valence-corrected chi connectivity index (χ3v) is 9.13. The number of anilines is 3. The van der Waals surface area contributed by atoms with Crippen LogP contribution in [0.2, 0.25) is 0 Å². The van der Waals surface area contributed by atoms with E-state index in [1.165, 1.54) is 60.2 Å². The maximum atomic E-state index is 2.41. The molecule has 0 spiro atoms. The minimum atomic E-state index is 1.12. The monoisotopic (exact) mass is 586 g/mol. The van der Waals surface area contributed by atoms with Crippen molar-refractivity contribution in [2.75, 3.05) is 4.90 Å². The zero-order chi connectivity index (χ0) is 30.5. The van der Waals surface area contributed by atoms with Gasteiger partial charge in [0.05, 0.1) is 11.0 Å². The normalized spacial score (nSPS) is 11.5. The molecule has 0 radical (unpaired) electrons. The molecule has 0 aliphatic carbocycles. The summed E-state index contributed by atoms with van der Waals surface area (Å²) in [6, 6.07) is 65.7. The number of benzene rings is 8. The van der Waals surface area contributed by atoms with Crippen molar-refractivity contribution < 1.29 is 0 Å². The predicted octanol–water partition coefficient (Wildman–Crippen LogP) is 12.2. The highest BCUT2D eigenvalue weighted by molar-refractivity contribution is 6.16. The van der Waals surface area contributed by atoms with E-state index in [1.54, 1.807) is 0 Å². The van der Waals surface area contributed by atoms with Gasteiger partial charge in [0.15, 0.2) is 0 Å². The molecule has 0 N–H and O–H groups in total. The number of fused-ring (bicyclic) bond motifs is 5. The average molecular weight is 587 g/mol. The van der Waals surface area contributed by atoms with E-state index < -0.39 is 0 Å². The van der Waals surface area contributed by atoms with Crippen LogP contribution >= 0.6 is 0 Å². The molecule has 0 aliphatic rings. The Balaban J connectivity index is 1.19. The van der Waals surface area contributed by atoms with Gasteiger partial charge >= 0.3 is 0 Å². The highest BCUT2D eigenvalue weighted by atomic mass is 15.1. The summed E-state index contributed by atoms with van der Waals surface area (Å²) in [7, 11) is 0. The lowest BCUT2D eigenvalue weighted by Gasteiger charge is -2.26. The van der Waals surface area contributed by atoms with Gasteiger partial charge in [-0.2, -0.15) is 0 Å². The molecule has 0 atom stereocenters. The first-order valence-electron chi connectivity index (χ1n) is 15.8. The number of para-hydroxylation sites is 2. The molecule has 1 heterocycles. The van der Waals surface area contributed by atoms with Crippen LogP contribution in [0.1, 0.15) is 0 Å². The van der Waals surface area contributed by atoms with Crippen LogP contribution in [0, 0.1) is 0 Å². The summed E-state index contributed by atoms with van der Waals surface area (Å²) in [5.74, 6) is 0. The van der Waals surface area contributed by atoms with Crippen LogP contribution in [0.3, 0.4) is 0 Å². The van der Waals surface area contributed by atoms with Gasteiger partial charge in [-0.05, 0) is 93.3 Å². The number of nitrogens with zero attached hydrogens (tertiary/aromatic N) is 2. The Morgan fingerprint density at radius 2 is 0.957 bits per heavy atom. The second-order valence-electron chi connectivity index (χ2n) is 11.8. The van der Waals surface area contributed by atoms with E-state index in [9.17, 15) is 0 Å². The third-order valence-electron chi connectivity index (χ3n) is 9.13. The van der Waals surface area contributed by atoms with Gasteiger partial charge in [0.25, 0.3) is 0 Å². The Kier molecular flexibility index (Phi) is 6.17. The zero-order valence-corrected chi connectivity index (χ0v) is 25.2. The molecule has 0 saturated heterocycles. The first-order valence-corrected chi connectivity index (χ1v) is 15.8. The van der Waals surface area contributed by atoms with E-state index >= 15 is 0 Å². The molecule has 46 heavy (non-hydrogen) atoms. The first kappa shape index (κ1) is 26.3. The smallest absolute Gasteiger partial charge is 0.0547 e. The van der Waals surface area contributed by atoms with Gasteiger partial charge in [-0.25, -0.2) is 0 Å². The second kappa shape index (κ2) is 10.8. The molecule has 0 aliphatic heterocycles. The van der Waals surface area contributed by atoms with Gasteiger partial charge in [0, 0.05) is 33.5 Å². The van der Waals surface area contributed by atoms with Crippen LogP contribution in [-0.4, -0.2) is 4.57 Å².